The summed E-state index contributed by atoms with van der Waals surface area (Å²) in [7, 11) is -4.03. The van der Waals surface area contributed by atoms with E-state index in [1.807, 2.05) is 0 Å². The van der Waals surface area contributed by atoms with Gasteiger partial charge >= 0.3 is 11.8 Å². The molecule has 3 rings (SSSR count). The number of rotatable bonds is 7. The van der Waals surface area contributed by atoms with Crippen LogP contribution in [0.4, 0.5) is 4.39 Å². The zero-order valence-electron chi connectivity index (χ0n) is 15.6. The summed E-state index contributed by atoms with van der Waals surface area (Å²) in [5.74, 6) is -2.40. The Morgan fingerprint density at radius 2 is 1.67 bits per heavy atom. The largest absolute Gasteiger partial charge is 0.468 e. The first kappa shape index (κ1) is 21.2. The minimum Gasteiger partial charge on any atom is -0.468 e. The predicted octanol–water partition coefficient (Wildman–Crippen LogP) is 1.76. The summed E-state index contributed by atoms with van der Waals surface area (Å²) in [5, 5.41) is 3.46. The van der Waals surface area contributed by atoms with Gasteiger partial charge in [-0.15, -0.1) is 0 Å². The Morgan fingerprint density at radius 1 is 1.00 bits per heavy atom. The van der Waals surface area contributed by atoms with Crippen molar-refractivity contribution in [2.45, 2.75) is 16.7 Å². The van der Waals surface area contributed by atoms with E-state index in [1.165, 1.54) is 18.4 Å². The molecule has 0 spiro atoms. The van der Waals surface area contributed by atoms with E-state index in [1.54, 1.807) is 24.5 Å². The molecule has 0 aliphatic heterocycles. The van der Waals surface area contributed by atoms with Crippen molar-refractivity contribution < 1.29 is 26.8 Å². The van der Waals surface area contributed by atoms with E-state index >= 15 is 0 Å². The normalized spacial score (nSPS) is 12.2. The quantitative estimate of drug-likeness (QED) is 0.435. The molecule has 8 nitrogen and oxygen atoms in total. The van der Waals surface area contributed by atoms with Crippen molar-refractivity contribution in [2.75, 3.05) is 6.54 Å². The van der Waals surface area contributed by atoms with Crippen LogP contribution in [0, 0.1) is 5.82 Å². The van der Waals surface area contributed by atoms with Crippen LogP contribution in [0.25, 0.3) is 0 Å². The fourth-order valence-corrected chi connectivity index (χ4v) is 4.24. The smallest absolute Gasteiger partial charge is 0.309 e. The summed E-state index contributed by atoms with van der Waals surface area (Å²) in [6, 6.07) is 10.6. The maximum atomic E-state index is 13.2. The Morgan fingerprint density at radius 3 is 2.30 bits per heavy atom. The molecule has 0 bridgehead atoms. The van der Waals surface area contributed by atoms with E-state index in [2.05, 4.69) is 15.6 Å². The molecule has 30 heavy (non-hydrogen) atoms. The highest BCUT2D eigenvalue weighted by Gasteiger charge is 2.32. The molecule has 2 aromatic heterocycles. The number of furan rings is 1. The number of amides is 2. The number of hydrogen-bond donors (Lipinski definition) is 2. The number of carbonyl (C=O) groups excluding carboxylic acids is 2. The van der Waals surface area contributed by atoms with Gasteiger partial charge in [-0.25, -0.2) is 12.8 Å². The van der Waals surface area contributed by atoms with Gasteiger partial charge in [-0.05, 0) is 54.1 Å². The minimum absolute atomic E-state index is 0.0804. The Kier molecular flexibility index (Phi) is 6.58. The highest BCUT2D eigenvalue weighted by molar-refractivity contribution is 7.91. The first-order chi connectivity index (χ1) is 14.4. The standard InChI is InChI=1S/C20H18FN3O5S/c21-15-3-5-16(6-4-15)30(27,28)18(17-2-1-11-29-17)13-24-20(26)19(25)23-12-14-7-9-22-10-8-14/h1-11,18H,12-13H2,(H,23,25)(H,24,26)/t18-/m1/s1. The SMILES string of the molecule is O=C(NCc1ccncc1)C(=O)NC[C@H](c1ccco1)S(=O)(=O)c1ccc(F)cc1. The monoisotopic (exact) mass is 431 g/mol. The van der Waals surface area contributed by atoms with Crippen molar-refractivity contribution in [3.8, 4) is 0 Å². The Hall–Kier alpha value is -3.53. The number of aromatic nitrogens is 1. The summed E-state index contributed by atoms with van der Waals surface area (Å²) >= 11 is 0. The molecule has 1 aromatic carbocycles. The maximum absolute atomic E-state index is 13.2. The highest BCUT2D eigenvalue weighted by atomic mass is 32.2. The van der Waals surface area contributed by atoms with Crippen LogP contribution in [0.2, 0.25) is 0 Å². The van der Waals surface area contributed by atoms with Gasteiger partial charge in [0.2, 0.25) is 0 Å². The van der Waals surface area contributed by atoms with Crippen molar-refractivity contribution in [1.82, 2.24) is 15.6 Å². The van der Waals surface area contributed by atoms with Gasteiger partial charge in [-0.1, -0.05) is 0 Å². The van der Waals surface area contributed by atoms with Crippen LogP contribution in [0.5, 0.6) is 0 Å². The lowest BCUT2D eigenvalue weighted by Gasteiger charge is -2.16. The van der Waals surface area contributed by atoms with Gasteiger partial charge in [0.05, 0.1) is 11.2 Å². The fraction of sp³-hybridized carbons (Fsp3) is 0.150. The van der Waals surface area contributed by atoms with Gasteiger partial charge < -0.3 is 15.1 Å². The number of nitrogens with one attached hydrogen (secondary N) is 2. The summed E-state index contributed by atoms with van der Waals surface area (Å²) in [5.41, 5.74) is 0.749. The van der Waals surface area contributed by atoms with Gasteiger partial charge in [-0.3, -0.25) is 14.6 Å². The number of carbonyl (C=O) groups is 2. The number of halogens is 1. The Balaban J connectivity index is 1.69. The molecule has 1 atom stereocenters. The number of pyridine rings is 1. The molecule has 0 saturated heterocycles. The van der Waals surface area contributed by atoms with E-state index in [4.69, 9.17) is 4.42 Å². The number of sulfone groups is 1. The Labute approximate surface area is 172 Å². The second-order valence-electron chi connectivity index (χ2n) is 6.25. The highest BCUT2D eigenvalue weighted by Crippen LogP contribution is 2.29. The molecule has 0 aliphatic carbocycles. The summed E-state index contributed by atoms with van der Waals surface area (Å²) < 4.78 is 44.4. The van der Waals surface area contributed by atoms with E-state index in [0.717, 1.165) is 29.8 Å². The molecule has 0 saturated carbocycles. The molecule has 0 fully saturated rings. The third-order valence-corrected chi connectivity index (χ3v) is 6.31. The van der Waals surface area contributed by atoms with Crippen molar-refractivity contribution in [3.63, 3.8) is 0 Å². The molecule has 3 aromatic rings. The molecule has 0 aliphatic rings. The first-order valence-corrected chi connectivity index (χ1v) is 10.4. The van der Waals surface area contributed by atoms with Crippen LogP contribution >= 0.6 is 0 Å². The average Bonchev–Trinajstić information content (AvgIpc) is 3.27. The maximum Gasteiger partial charge on any atom is 0.309 e. The van der Waals surface area contributed by atoms with Crippen molar-refractivity contribution in [2.24, 2.45) is 0 Å². The van der Waals surface area contributed by atoms with E-state index in [0.29, 0.717) is 0 Å². The van der Waals surface area contributed by atoms with Crippen LogP contribution in [-0.4, -0.2) is 31.8 Å². The lowest BCUT2D eigenvalue weighted by atomic mass is 10.2. The van der Waals surface area contributed by atoms with Crippen molar-refractivity contribution in [1.29, 1.82) is 0 Å². The summed E-state index contributed by atoms with van der Waals surface area (Å²) in [6.45, 7) is -0.293. The lowest BCUT2D eigenvalue weighted by molar-refractivity contribution is -0.139. The molecule has 10 heteroatoms. The zero-order chi connectivity index (χ0) is 21.6. The van der Waals surface area contributed by atoms with E-state index < -0.39 is 39.3 Å². The predicted molar refractivity (Wildman–Crippen MR) is 104 cm³/mol. The van der Waals surface area contributed by atoms with Crippen LogP contribution in [-0.2, 0) is 26.0 Å². The molecule has 2 heterocycles. The lowest BCUT2D eigenvalue weighted by Crippen LogP contribution is -2.42. The molecule has 2 amide bonds. The fourth-order valence-electron chi connectivity index (χ4n) is 2.66. The van der Waals surface area contributed by atoms with Crippen LogP contribution in [0.1, 0.15) is 16.6 Å². The van der Waals surface area contributed by atoms with Crippen molar-refractivity contribution >= 4 is 21.7 Å². The molecule has 0 unspecified atom stereocenters. The van der Waals surface area contributed by atoms with Crippen LogP contribution < -0.4 is 10.6 Å². The second-order valence-corrected chi connectivity index (χ2v) is 8.38. The van der Waals surface area contributed by atoms with Crippen LogP contribution in [0.15, 0.2) is 76.5 Å². The number of hydrogen-bond acceptors (Lipinski definition) is 6. The van der Waals surface area contributed by atoms with Gasteiger partial charge in [0, 0.05) is 25.5 Å². The zero-order valence-corrected chi connectivity index (χ0v) is 16.4. The third-order valence-electron chi connectivity index (χ3n) is 4.23. The third kappa shape index (κ3) is 5.09. The van der Waals surface area contributed by atoms with Gasteiger partial charge in [0.1, 0.15) is 16.8 Å². The molecule has 156 valence electrons. The van der Waals surface area contributed by atoms with Crippen molar-refractivity contribution in [3.05, 3.63) is 84.3 Å². The molecular formula is C20H18FN3O5S. The molecule has 0 radical (unpaired) electrons. The second kappa shape index (κ2) is 9.31. The van der Waals surface area contributed by atoms with Gasteiger partial charge in [0.25, 0.3) is 0 Å². The van der Waals surface area contributed by atoms with E-state index in [9.17, 15) is 22.4 Å². The first-order valence-electron chi connectivity index (χ1n) is 8.85. The molecular weight excluding hydrogens is 413 g/mol. The summed E-state index contributed by atoms with van der Waals surface area (Å²) in [4.78, 5) is 27.9. The number of nitrogens with zero attached hydrogens (tertiary/aromatic N) is 1. The minimum atomic E-state index is -4.03. The van der Waals surface area contributed by atoms with Crippen LogP contribution in [0.3, 0.4) is 0 Å². The number of benzene rings is 1. The van der Waals surface area contributed by atoms with Gasteiger partial charge in [0.15, 0.2) is 9.84 Å². The van der Waals surface area contributed by atoms with Gasteiger partial charge in [-0.2, -0.15) is 0 Å². The average molecular weight is 431 g/mol. The van der Waals surface area contributed by atoms with E-state index in [-0.39, 0.29) is 17.2 Å². The molecule has 2 N–H and O–H groups in total. The topological polar surface area (TPSA) is 118 Å². The summed E-state index contributed by atoms with van der Waals surface area (Å²) in [6.07, 6.45) is 4.40. The Bertz CT molecular complexity index is 1100.